The Labute approximate surface area is 354 Å². The fraction of sp³-hybridized carbons (Fsp3) is 0.0370. The van der Waals surface area contributed by atoms with E-state index in [2.05, 4.69) is 193 Å². The van der Waals surface area contributed by atoms with Gasteiger partial charge < -0.3 is 4.57 Å². The average Bonchev–Trinajstić information content (AvgIpc) is 3.66. The van der Waals surface area contributed by atoms with E-state index in [4.69, 9.17) is 34.4 Å². The molecule has 0 saturated heterocycles. The van der Waals surface area contributed by atoms with E-state index in [9.17, 15) is 0 Å². The van der Waals surface area contributed by atoms with Crippen LogP contribution in [0.15, 0.2) is 206 Å². The minimum absolute atomic E-state index is 0.000265. The first-order chi connectivity index (χ1) is 29.1. The van der Waals surface area contributed by atoms with Crippen LogP contribution in [0.3, 0.4) is 0 Å². The first kappa shape index (κ1) is 36.4. The zero-order valence-electron chi connectivity index (χ0n) is 32.1. The molecule has 1 atom stereocenters. The zero-order chi connectivity index (χ0) is 39.7. The SMILES string of the molecule is S=C(C(=S)C1C=CC(c2ncc(-c3cccc(-c4ccccc4)c3)c(-c3cccc(-c4ccccc4)c3)n2)=CC1)c1ccc(-n2c3ccccc3c3ccccc32)cc1. The van der Waals surface area contributed by atoms with Crippen molar-refractivity contribution in [3.8, 4) is 50.3 Å². The van der Waals surface area contributed by atoms with Gasteiger partial charge in [-0.2, -0.15) is 0 Å². The highest BCUT2D eigenvalue weighted by Gasteiger charge is 2.22. The average molecular weight is 792 g/mol. The van der Waals surface area contributed by atoms with Gasteiger partial charge in [-0.15, -0.1) is 0 Å². The molecular weight excluding hydrogens is 755 g/mol. The molecule has 0 fully saturated rings. The van der Waals surface area contributed by atoms with Gasteiger partial charge >= 0.3 is 0 Å². The Morgan fingerprint density at radius 2 is 1.08 bits per heavy atom. The Balaban J connectivity index is 0.928. The Bertz CT molecular complexity index is 3050. The number of para-hydroxylation sites is 2. The summed E-state index contributed by atoms with van der Waals surface area (Å²) in [6.07, 6.45) is 9.14. The predicted octanol–water partition coefficient (Wildman–Crippen LogP) is 14.0. The van der Waals surface area contributed by atoms with E-state index in [0.717, 1.165) is 60.8 Å². The van der Waals surface area contributed by atoms with Crippen molar-refractivity contribution in [2.45, 2.75) is 6.42 Å². The third-order valence-electron chi connectivity index (χ3n) is 11.2. The standard InChI is InChI=1S/C54H37N3S2/c58-52(53(59)39-29-31-45(32-30-39)57-49-23-9-7-21-46(49)47-22-8-10-24-50(47)57)38-25-27-40(28-26-38)54-55-35-48(43-19-11-17-41(33-43)36-13-3-1-4-14-36)51(56-54)44-20-12-18-42(34-44)37-15-5-2-6-16-37/h1-25,27-35,38H,26H2. The van der Waals surface area contributed by atoms with Crippen molar-refractivity contribution in [3.63, 3.8) is 0 Å². The van der Waals surface area contributed by atoms with Gasteiger partial charge in [-0.1, -0.05) is 188 Å². The summed E-state index contributed by atoms with van der Waals surface area (Å²) in [6, 6.07) is 63.8. The molecule has 7 aromatic carbocycles. The predicted molar refractivity (Wildman–Crippen MR) is 254 cm³/mol. The Morgan fingerprint density at radius 3 is 1.69 bits per heavy atom. The second kappa shape index (κ2) is 15.8. The molecule has 3 nitrogen and oxygen atoms in total. The number of hydrogen-bond donors (Lipinski definition) is 0. The van der Waals surface area contributed by atoms with Crippen molar-refractivity contribution < 1.29 is 0 Å². The molecule has 0 N–H and O–H groups in total. The van der Waals surface area contributed by atoms with Crippen LogP contribution in [0, 0.1) is 5.92 Å². The molecule has 0 aliphatic heterocycles. The molecule has 59 heavy (non-hydrogen) atoms. The molecule has 5 heteroatoms. The largest absolute Gasteiger partial charge is 0.309 e. The monoisotopic (exact) mass is 791 g/mol. The summed E-state index contributed by atoms with van der Waals surface area (Å²) in [4.78, 5) is 11.8. The van der Waals surface area contributed by atoms with Gasteiger partial charge in [0.25, 0.3) is 0 Å². The molecular formula is C54H37N3S2. The van der Waals surface area contributed by atoms with Gasteiger partial charge in [0.05, 0.1) is 21.6 Å². The number of thiocarbonyl (C=S) groups is 2. The van der Waals surface area contributed by atoms with Gasteiger partial charge in [0.1, 0.15) is 0 Å². The Morgan fingerprint density at radius 1 is 0.542 bits per heavy atom. The first-order valence-corrected chi connectivity index (χ1v) is 20.7. The Kier molecular flexibility index (Phi) is 9.75. The maximum atomic E-state index is 6.07. The molecule has 1 aliphatic carbocycles. The van der Waals surface area contributed by atoms with E-state index < -0.39 is 0 Å². The first-order valence-electron chi connectivity index (χ1n) is 19.8. The number of benzene rings is 7. The summed E-state index contributed by atoms with van der Waals surface area (Å²) in [7, 11) is 0. The third kappa shape index (κ3) is 7.05. The fourth-order valence-electron chi connectivity index (χ4n) is 8.18. The van der Waals surface area contributed by atoms with Crippen molar-refractivity contribution >= 4 is 61.5 Å². The molecule has 1 unspecified atom stereocenters. The fourth-order valence-corrected chi connectivity index (χ4v) is 8.76. The topological polar surface area (TPSA) is 30.7 Å². The number of aromatic nitrogens is 3. The molecule has 0 bridgehead atoms. The van der Waals surface area contributed by atoms with Crippen LogP contribution in [0.4, 0.5) is 0 Å². The van der Waals surface area contributed by atoms with Crippen LogP contribution >= 0.6 is 24.4 Å². The molecule has 280 valence electrons. The smallest absolute Gasteiger partial charge is 0.159 e. The zero-order valence-corrected chi connectivity index (χ0v) is 33.7. The third-order valence-corrected chi connectivity index (χ3v) is 12.3. The van der Waals surface area contributed by atoms with Crippen LogP contribution in [0.2, 0.25) is 0 Å². The number of nitrogens with zero attached hydrogens (tertiary/aromatic N) is 3. The molecule has 1 aliphatic rings. The highest BCUT2D eigenvalue weighted by atomic mass is 32.1. The number of rotatable bonds is 9. The molecule has 9 aromatic rings. The minimum atomic E-state index is 0.000265. The number of allylic oxidation sites excluding steroid dienone is 4. The molecule has 10 rings (SSSR count). The second-order valence-corrected chi connectivity index (χ2v) is 15.7. The quantitative estimate of drug-likeness (QED) is 0.108. The summed E-state index contributed by atoms with van der Waals surface area (Å²) in [5.74, 6) is 0.678. The molecule has 2 heterocycles. The molecule has 0 saturated carbocycles. The van der Waals surface area contributed by atoms with Gasteiger partial charge in [-0.3, -0.25) is 0 Å². The van der Waals surface area contributed by atoms with Crippen molar-refractivity contribution in [2.75, 3.05) is 0 Å². The lowest BCUT2D eigenvalue weighted by Crippen LogP contribution is -2.20. The number of hydrogen-bond acceptors (Lipinski definition) is 4. The van der Waals surface area contributed by atoms with Crippen LogP contribution in [0.5, 0.6) is 0 Å². The van der Waals surface area contributed by atoms with Crippen molar-refractivity contribution in [2.24, 2.45) is 5.92 Å². The summed E-state index contributed by atoms with van der Waals surface area (Å²) < 4.78 is 2.31. The van der Waals surface area contributed by atoms with Gasteiger partial charge in [0, 0.05) is 50.1 Å². The summed E-state index contributed by atoms with van der Waals surface area (Å²) in [5.41, 5.74) is 13.9. The Hall–Kier alpha value is -6.92. The van der Waals surface area contributed by atoms with Gasteiger partial charge in [-0.25, -0.2) is 9.97 Å². The van der Waals surface area contributed by atoms with Gasteiger partial charge in [0.2, 0.25) is 0 Å². The lowest BCUT2D eigenvalue weighted by atomic mass is 9.90. The van der Waals surface area contributed by atoms with Crippen LogP contribution < -0.4 is 0 Å². The van der Waals surface area contributed by atoms with E-state index in [1.807, 2.05) is 18.3 Å². The molecule has 0 spiro atoms. The highest BCUT2D eigenvalue weighted by molar-refractivity contribution is 7.89. The minimum Gasteiger partial charge on any atom is -0.309 e. The maximum absolute atomic E-state index is 6.07. The van der Waals surface area contributed by atoms with E-state index in [1.165, 1.54) is 27.4 Å². The van der Waals surface area contributed by atoms with Crippen LogP contribution in [0.25, 0.3) is 77.7 Å². The van der Waals surface area contributed by atoms with E-state index in [0.29, 0.717) is 17.1 Å². The second-order valence-electron chi connectivity index (χ2n) is 14.8. The summed E-state index contributed by atoms with van der Waals surface area (Å²) in [5, 5.41) is 2.48. The lowest BCUT2D eigenvalue weighted by Gasteiger charge is -2.19. The van der Waals surface area contributed by atoms with E-state index in [-0.39, 0.29) is 5.92 Å². The van der Waals surface area contributed by atoms with E-state index >= 15 is 0 Å². The van der Waals surface area contributed by atoms with E-state index in [1.54, 1.807) is 0 Å². The van der Waals surface area contributed by atoms with Crippen molar-refractivity contribution in [3.05, 3.63) is 218 Å². The number of fused-ring (bicyclic) bond motifs is 3. The summed E-state index contributed by atoms with van der Waals surface area (Å²) in [6.45, 7) is 0. The van der Waals surface area contributed by atoms with Crippen molar-refractivity contribution in [1.29, 1.82) is 0 Å². The van der Waals surface area contributed by atoms with Gasteiger partial charge in [-0.05, 0) is 76.2 Å². The summed E-state index contributed by atoms with van der Waals surface area (Å²) >= 11 is 12.1. The lowest BCUT2D eigenvalue weighted by molar-refractivity contribution is 0.890. The molecule has 2 aromatic heterocycles. The molecule has 0 radical (unpaired) electrons. The molecule has 0 amide bonds. The van der Waals surface area contributed by atoms with Crippen molar-refractivity contribution in [1.82, 2.24) is 14.5 Å². The normalized spacial score (nSPS) is 13.7. The highest BCUT2D eigenvalue weighted by Crippen LogP contribution is 2.37. The maximum Gasteiger partial charge on any atom is 0.159 e. The van der Waals surface area contributed by atoms with Crippen LogP contribution in [-0.2, 0) is 0 Å². The van der Waals surface area contributed by atoms with Crippen LogP contribution in [-0.4, -0.2) is 24.3 Å². The van der Waals surface area contributed by atoms with Gasteiger partial charge in [0.15, 0.2) is 5.82 Å². The van der Waals surface area contributed by atoms with Crippen LogP contribution in [0.1, 0.15) is 17.8 Å².